The fraction of sp³-hybridized carbons (Fsp3) is 0.533. The predicted octanol–water partition coefficient (Wildman–Crippen LogP) is 1.34. The molecule has 0 saturated carbocycles. The minimum atomic E-state index is -0.289. The van der Waals surface area contributed by atoms with E-state index in [4.69, 9.17) is 4.74 Å². The van der Waals surface area contributed by atoms with Crippen molar-refractivity contribution >= 4 is 17.3 Å². The summed E-state index contributed by atoms with van der Waals surface area (Å²) in [6.45, 7) is 8.48. The van der Waals surface area contributed by atoms with Crippen LogP contribution in [0, 0.1) is 0 Å². The van der Waals surface area contributed by atoms with E-state index in [0.717, 1.165) is 10.6 Å². The first-order valence-electron chi connectivity index (χ1n) is 6.81. The molecule has 1 aromatic rings. The fourth-order valence-corrected chi connectivity index (χ4v) is 2.93. The molecule has 4 nitrogen and oxygen atoms in total. The van der Waals surface area contributed by atoms with Crippen LogP contribution in [0.25, 0.3) is 0 Å². The van der Waals surface area contributed by atoms with Crippen LogP contribution in [0.5, 0.6) is 0 Å². The van der Waals surface area contributed by atoms with Crippen LogP contribution in [0.15, 0.2) is 24.3 Å². The number of hydrogen-bond donors (Lipinski definition) is 1. The summed E-state index contributed by atoms with van der Waals surface area (Å²) in [4.78, 5) is 15.6. The van der Waals surface area contributed by atoms with E-state index < -0.39 is 0 Å². The highest BCUT2D eigenvalue weighted by Crippen LogP contribution is 2.31. The summed E-state index contributed by atoms with van der Waals surface area (Å²) in [5.41, 5.74) is 2.32. The lowest BCUT2D eigenvalue weighted by Gasteiger charge is -2.30. The van der Waals surface area contributed by atoms with Crippen LogP contribution in [0.1, 0.15) is 27.7 Å². The highest BCUT2D eigenvalue weighted by molar-refractivity contribution is 5.83. The topological polar surface area (TPSA) is 34.0 Å². The predicted molar refractivity (Wildman–Crippen MR) is 75.6 cm³/mol. The van der Waals surface area contributed by atoms with E-state index in [0.29, 0.717) is 6.04 Å². The molecule has 2 rings (SSSR count). The molecule has 0 aromatic heterocycles. The molecular weight excluding hydrogens is 240 g/mol. The van der Waals surface area contributed by atoms with E-state index >= 15 is 0 Å². The van der Waals surface area contributed by atoms with Crippen LogP contribution in [0.3, 0.4) is 0 Å². The molecule has 1 N–H and O–H groups in total. The second-order valence-electron chi connectivity index (χ2n) is 5.55. The maximum atomic E-state index is 12.2. The summed E-state index contributed by atoms with van der Waals surface area (Å²) >= 11 is 0. The monoisotopic (exact) mass is 263 g/mol. The molecule has 1 heterocycles. The number of rotatable bonds is 3. The summed E-state index contributed by atoms with van der Waals surface area (Å²) in [6.07, 6.45) is -0.289. The third-order valence-corrected chi connectivity index (χ3v) is 3.67. The van der Waals surface area contributed by atoms with Crippen molar-refractivity contribution in [2.75, 3.05) is 12.0 Å². The SMILES string of the molecule is COC(=O)C1N(C(C)C)c2ccccc2[NH+]1C(C)C. The minimum absolute atomic E-state index is 0.173. The quantitative estimate of drug-likeness (QED) is 0.836. The van der Waals surface area contributed by atoms with Gasteiger partial charge < -0.3 is 9.64 Å². The molecule has 19 heavy (non-hydrogen) atoms. The largest absolute Gasteiger partial charge is 0.463 e. The van der Waals surface area contributed by atoms with E-state index in [1.165, 1.54) is 12.8 Å². The third kappa shape index (κ3) is 2.21. The minimum Gasteiger partial charge on any atom is -0.463 e. The Balaban J connectivity index is 2.55. The van der Waals surface area contributed by atoms with Crippen LogP contribution in [0.2, 0.25) is 0 Å². The van der Waals surface area contributed by atoms with E-state index in [-0.39, 0.29) is 18.2 Å². The Morgan fingerprint density at radius 1 is 1.26 bits per heavy atom. The van der Waals surface area contributed by atoms with Gasteiger partial charge in [0.1, 0.15) is 5.69 Å². The van der Waals surface area contributed by atoms with Crippen molar-refractivity contribution in [1.82, 2.24) is 0 Å². The molecule has 1 aliphatic heterocycles. The van der Waals surface area contributed by atoms with Gasteiger partial charge in [0.2, 0.25) is 0 Å². The smallest absolute Gasteiger partial charge is 0.387 e. The van der Waals surface area contributed by atoms with Gasteiger partial charge in [-0.05, 0) is 33.8 Å². The number of nitrogens with one attached hydrogen (secondary N) is 1. The number of anilines is 1. The summed E-state index contributed by atoms with van der Waals surface area (Å²) in [5.74, 6) is -0.173. The standard InChI is InChI=1S/C15H22N2O2/c1-10(2)16-12-8-6-7-9-13(12)17(11(3)4)14(16)15(18)19-5/h6-11,14H,1-5H3/p+1. The molecule has 1 aliphatic rings. The Morgan fingerprint density at radius 3 is 2.42 bits per heavy atom. The number of hydrogen-bond acceptors (Lipinski definition) is 3. The third-order valence-electron chi connectivity index (χ3n) is 3.67. The second kappa shape index (κ2) is 5.21. The second-order valence-corrected chi connectivity index (χ2v) is 5.55. The van der Waals surface area contributed by atoms with Crippen molar-refractivity contribution in [2.24, 2.45) is 0 Å². The maximum Gasteiger partial charge on any atom is 0.387 e. The first-order chi connectivity index (χ1) is 8.99. The first kappa shape index (κ1) is 13.9. The first-order valence-corrected chi connectivity index (χ1v) is 6.81. The molecule has 0 aliphatic carbocycles. The number of methoxy groups -OCH3 is 1. The van der Waals surface area contributed by atoms with Crippen LogP contribution in [-0.4, -0.2) is 31.3 Å². The zero-order chi connectivity index (χ0) is 14.2. The molecular formula is C15H23N2O2+. The van der Waals surface area contributed by atoms with Gasteiger partial charge in [-0.25, -0.2) is 4.79 Å². The van der Waals surface area contributed by atoms with Gasteiger partial charge in [-0.3, -0.25) is 4.90 Å². The highest BCUT2D eigenvalue weighted by Gasteiger charge is 2.48. The van der Waals surface area contributed by atoms with Crippen molar-refractivity contribution in [3.05, 3.63) is 24.3 Å². The number of benzene rings is 1. The zero-order valence-corrected chi connectivity index (χ0v) is 12.3. The van der Waals surface area contributed by atoms with E-state index in [1.54, 1.807) is 0 Å². The molecule has 0 fully saturated rings. The lowest BCUT2D eigenvalue weighted by molar-refractivity contribution is -0.867. The van der Waals surface area contributed by atoms with Crippen molar-refractivity contribution in [2.45, 2.75) is 45.9 Å². The Hall–Kier alpha value is -1.55. The number of esters is 1. The fourth-order valence-electron chi connectivity index (χ4n) is 2.93. The Labute approximate surface area is 115 Å². The van der Waals surface area contributed by atoms with E-state index in [9.17, 15) is 4.79 Å². The van der Waals surface area contributed by atoms with Gasteiger partial charge in [-0.15, -0.1) is 0 Å². The van der Waals surface area contributed by atoms with E-state index in [1.807, 2.05) is 12.1 Å². The summed E-state index contributed by atoms with van der Waals surface area (Å²) in [6, 6.07) is 8.80. The Morgan fingerprint density at radius 2 is 1.89 bits per heavy atom. The number of ether oxygens (including phenoxy) is 1. The highest BCUT2D eigenvalue weighted by atomic mass is 16.5. The van der Waals surface area contributed by atoms with Crippen LogP contribution < -0.4 is 9.80 Å². The van der Waals surface area contributed by atoms with Gasteiger partial charge in [0.05, 0.1) is 13.2 Å². The van der Waals surface area contributed by atoms with Crippen molar-refractivity contribution in [3.8, 4) is 0 Å². The summed E-state index contributed by atoms with van der Waals surface area (Å²) in [7, 11) is 1.46. The molecule has 0 spiro atoms. The zero-order valence-electron chi connectivity index (χ0n) is 12.3. The molecule has 2 atom stereocenters. The Kier molecular flexibility index (Phi) is 3.80. The van der Waals surface area contributed by atoms with Gasteiger partial charge in [-0.2, -0.15) is 0 Å². The van der Waals surface area contributed by atoms with Gasteiger partial charge in [0.15, 0.2) is 5.69 Å². The van der Waals surface area contributed by atoms with Crippen molar-refractivity contribution in [3.63, 3.8) is 0 Å². The van der Waals surface area contributed by atoms with Gasteiger partial charge >= 0.3 is 5.97 Å². The van der Waals surface area contributed by atoms with Crippen molar-refractivity contribution in [1.29, 1.82) is 0 Å². The number of nitrogens with zero attached hydrogens (tertiary/aromatic N) is 1. The molecule has 4 heteroatoms. The van der Waals surface area contributed by atoms with E-state index in [2.05, 4.69) is 44.7 Å². The molecule has 1 aromatic carbocycles. The lowest BCUT2D eigenvalue weighted by Crippen LogP contribution is -3.15. The molecule has 0 saturated heterocycles. The average molecular weight is 263 g/mol. The normalized spacial score (nSPS) is 21.9. The number of quaternary nitrogens is 1. The lowest BCUT2D eigenvalue weighted by atomic mass is 10.2. The summed E-state index contributed by atoms with van der Waals surface area (Å²) in [5, 5.41) is 0. The van der Waals surface area contributed by atoms with Gasteiger partial charge in [0, 0.05) is 12.1 Å². The van der Waals surface area contributed by atoms with Crippen molar-refractivity contribution < 1.29 is 14.4 Å². The van der Waals surface area contributed by atoms with Crippen LogP contribution in [0.4, 0.5) is 11.4 Å². The maximum absolute atomic E-state index is 12.2. The van der Waals surface area contributed by atoms with Crippen LogP contribution in [-0.2, 0) is 9.53 Å². The molecule has 0 radical (unpaired) electrons. The molecule has 104 valence electrons. The Bertz CT molecular complexity index is 436. The summed E-state index contributed by atoms with van der Waals surface area (Å²) < 4.78 is 5.02. The number of carbonyl (C=O) groups excluding carboxylic acids is 1. The molecule has 0 amide bonds. The number of carbonyl (C=O) groups is 1. The number of fused-ring (bicyclic) bond motifs is 1. The average Bonchev–Trinajstić information content (AvgIpc) is 2.72. The molecule has 0 bridgehead atoms. The number of para-hydroxylation sites is 2. The van der Waals surface area contributed by atoms with Gasteiger partial charge in [-0.1, -0.05) is 12.1 Å². The van der Waals surface area contributed by atoms with Gasteiger partial charge in [0.25, 0.3) is 6.17 Å². The molecule has 2 unspecified atom stereocenters. The van der Waals surface area contributed by atoms with Crippen LogP contribution >= 0.6 is 0 Å².